The summed E-state index contributed by atoms with van der Waals surface area (Å²) in [4.78, 5) is 0. The summed E-state index contributed by atoms with van der Waals surface area (Å²) in [5, 5.41) is 2.92. The third kappa shape index (κ3) is 2.49. The first-order valence-electron chi connectivity index (χ1n) is 6.22. The van der Waals surface area contributed by atoms with Gasteiger partial charge < -0.3 is 5.32 Å². The van der Waals surface area contributed by atoms with Gasteiger partial charge in [0.15, 0.2) is 0 Å². The van der Waals surface area contributed by atoms with Crippen LogP contribution in [0.1, 0.15) is 39.0 Å². The summed E-state index contributed by atoms with van der Waals surface area (Å²) < 4.78 is 25.4. The maximum atomic E-state index is 12.7. The quantitative estimate of drug-likeness (QED) is 0.746. The molecule has 0 radical (unpaired) electrons. The molecule has 1 N–H and O–H groups in total. The lowest BCUT2D eigenvalue weighted by atomic mass is 9.84. The fraction of sp³-hybridized carbons (Fsp3) is 1.00. The second kappa shape index (κ2) is 4.77. The summed E-state index contributed by atoms with van der Waals surface area (Å²) in [5.41, 5.74) is 0. The minimum Gasteiger partial charge on any atom is -0.309 e. The number of nitrogens with one attached hydrogen (secondary N) is 1. The summed E-state index contributed by atoms with van der Waals surface area (Å²) in [7, 11) is 0. The molecule has 4 unspecified atom stereocenters. The number of hydrogen-bond donors (Lipinski definition) is 1. The lowest BCUT2D eigenvalue weighted by molar-refractivity contribution is 0.0801. The smallest absolute Gasteiger partial charge is 0.253 e. The Bertz CT molecular complexity index is 208. The highest BCUT2D eigenvalue weighted by molar-refractivity contribution is 4.92. The monoisotopic (exact) mass is 217 g/mol. The molecular weight excluding hydrogens is 196 g/mol. The number of fused-ring (bicyclic) bond motifs is 2. The van der Waals surface area contributed by atoms with E-state index in [1.54, 1.807) is 0 Å². The summed E-state index contributed by atoms with van der Waals surface area (Å²) in [6.45, 7) is 2.55. The molecule has 1 nitrogen and oxygen atoms in total. The van der Waals surface area contributed by atoms with E-state index in [1.807, 2.05) is 6.92 Å². The molecule has 0 aromatic carbocycles. The van der Waals surface area contributed by atoms with Crippen LogP contribution in [0.15, 0.2) is 0 Å². The molecule has 4 atom stereocenters. The lowest BCUT2D eigenvalue weighted by Gasteiger charge is -2.26. The SMILES string of the molecule is CCNC(CC1CC2CCC1C2)C(F)F. The zero-order valence-electron chi connectivity index (χ0n) is 9.39. The number of rotatable bonds is 5. The zero-order valence-corrected chi connectivity index (χ0v) is 9.39. The van der Waals surface area contributed by atoms with Crippen molar-refractivity contribution >= 4 is 0 Å². The van der Waals surface area contributed by atoms with E-state index in [1.165, 1.54) is 25.7 Å². The van der Waals surface area contributed by atoms with E-state index in [0.29, 0.717) is 18.9 Å². The molecule has 0 aliphatic heterocycles. The summed E-state index contributed by atoms with van der Waals surface area (Å²) in [6, 6.07) is -0.570. The lowest BCUT2D eigenvalue weighted by Crippen LogP contribution is -2.38. The Morgan fingerprint density at radius 3 is 2.53 bits per heavy atom. The number of alkyl halides is 2. The fourth-order valence-corrected chi connectivity index (χ4v) is 3.53. The van der Waals surface area contributed by atoms with E-state index >= 15 is 0 Å². The van der Waals surface area contributed by atoms with Gasteiger partial charge in [-0.15, -0.1) is 0 Å². The van der Waals surface area contributed by atoms with Crippen LogP contribution in [0, 0.1) is 17.8 Å². The van der Waals surface area contributed by atoms with Crippen molar-refractivity contribution in [1.29, 1.82) is 0 Å². The van der Waals surface area contributed by atoms with Crippen LogP contribution in [0.3, 0.4) is 0 Å². The zero-order chi connectivity index (χ0) is 10.8. The Hall–Kier alpha value is -0.180. The van der Waals surface area contributed by atoms with Crippen LogP contribution < -0.4 is 5.32 Å². The first-order chi connectivity index (χ1) is 7.20. The normalized spacial score (nSPS) is 36.4. The van der Waals surface area contributed by atoms with Crippen LogP contribution in [-0.2, 0) is 0 Å². The van der Waals surface area contributed by atoms with Gasteiger partial charge >= 0.3 is 0 Å². The van der Waals surface area contributed by atoms with Gasteiger partial charge in [0.1, 0.15) is 0 Å². The largest absolute Gasteiger partial charge is 0.309 e. The summed E-state index contributed by atoms with van der Waals surface area (Å²) >= 11 is 0. The molecular formula is C12H21F2N. The molecule has 15 heavy (non-hydrogen) atoms. The van der Waals surface area contributed by atoms with Crippen molar-refractivity contribution in [2.24, 2.45) is 17.8 Å². The molecule has 0 aromatic rings. The van der Waals surface area contributed by atoms with E-state index in [9.17, 15) is 8.78 Å². The van der Waals surface area contributed by atoms with Crippen LogP contribution in [0.5, 0.6) is 0 Å². The van der Waals surface area contributed by atoms with Gasteiger partial charge in [-0.25, -0.2) is 8.78 Å². The molecule has 0 amide bonds. The van der Waals surface area contributed by atoms with Crippen molar-refractivity contribution in [3.8, 4) is 0 Å². The number of halogens is 2. The van der Waals surface area contributed by atoms with E-state index in [-0.39, 0.29) is 0 Å². The minimum atomic E-state index is -2.20. The average Bonchev–Trinajstić information content (AvgIpc) is 2.78. The van der Waals surface area contributed by atoms with Crippen molar-refractivity contribution in [3.63, 3.8) is 0 Å². The second-order valence-electron chi connectivity index (χ2n) is 5.17. The summed E-state index contributed by atoms with van der Waals surface area (Å²) in [6.07, 6.45) is 3.64. The third-order valence-electron chi connectivity index (χ3n) is 4.21. The molecule has 0 aromatic heterocycles. The second-order valence-corrected chi connectivity index (χ2v) is 5.17. The highest BCUT2D eigenvalue weighted by Gasteiger charge is 2.41. The molecule has 2 bridgehead atoms. The molecule has 0 heterocycles. The van der Waals surface area contributed by atoms with Gasteiger partial charge in [-0.3, -0.25) is 0 Å². The van der Waals surface area contributed by atoms with Crippen molar-refractivity contribution in [3.05, 3.63) is 0 Å². The van der Waals surface area contributed by atoms with Crippen LogP contribution in [0.25, 0.3) is 0 Å². The van der Waals surface area contributed by atoms with E-state index in [4.69, 9.17) is 0 Å². The first kappa shape index (κ1) is 11.3. The van der Waals surface area contributed by atoms with Crippen LogP contribution in [0.2, 0.25) is 0 Å². The summed E-state index contributed by atoms with van der Waals surface area (Å²) in [5.74, 6) is 2.19. The van der Waals surface area contributed by atoms with Crippen LogP contribution >= 0.6 is 0 Å². The Labute approximate surface area is 90.6 Å². The van der Waals surface area contributed by atoms with Gasteiger partial charge in [-0.2, -0.15) is 0 Å². The van der Waals surface area contributed by atoms with E-state index in [2.05, 4.69) is 5.32 Å². The first-order valence-corrected chi connectivity index (χ1v) is 6.22. The van der Waals surface area contributed by atoms with Crippen molar-refractivity contribution < 1.29 is 8.78 Å². The third-order valence-corrected chi connectivity index (χ3v) is 4.21. The molecule has 2 rings (SSSR count). The van der Waals surface area contributed by atoms with Crippen molar-refractivity contribution in [2.45, 2.75) is 51.5 Å². The molecule has 2 aliphatic carbocycles. The molecule has 0 spiro atoms. The topological polar surface area (TPSA) is 12.0 Å². The highest BCUT2D eigenvalue weighted by Crippen LogP contribution is 2.50. The molecule has 2 aliphatic rings. The van der Waals surface area contributed by atoms with Crippen LogP contribution in [-0.4, -0.2) is 19.0 Å². The fourth-order valence-electron chi connectivity index (χ4n) is 3.53. The standard InChI is InChI=1S/C12H21F2N/c1-2-15-11(12(13)14)7-10-6-8-3-4-9(10)5-8/h8-12,15H,2-7H2,1H3. The van der Waals surface area contributed by atoms with Gasteiger partial charge in [0.2, 0.25) is 0 Å². The van der Waals surface area contributed by atoms with Crippen molar-refractivity contribution in [2.75, 3.05) is 6.54 Å². The highest BCUT2D eigenvalue weighted by atomic mass is 19.3. The number of hydrogen-bond acceptors (Lipinski definition) is 1. The molecule has 2 saturated carbocycles. The average molecular weight is 217 g/mol. The van der Waals surface area contributed by atoms with E-state index in [0.717, 1.165) is 11.8 Å². The van der Waals surface area contributed by atoms with Gasteiger partial charge in [0.25, 0.3) is 6.43 Å². The van der Waals surface area contributed by atoms with Gasteiger partial charge in [-0.1, -0.05) is 13.3 Å². The Balaban J connectivity index is 1.84. The van der Waals surface area contributed by atoms with Gasteiger partial charge in [0, 0.05) is 0 Å². The van der Waals surface area contributed by atoms with Gasteiger partial charge in [0.05, 0.1) is 6.04 Å². The minimum absolute atomic E-state index is 0.570. The predicted octanol–water partition coefficient (Wildman–Crippen LogP) is 3.06. The molecule has 3 heteroatoms. The Morgan fingerprint density at radius 1 is 1.27 bits per heavy atom. The maximum absolute atomic E-state index is 12.7. The predicted molar refractivity (Wildman–Crippen MR) is 57.0 cm³/mol. The molecule has 88 valence electrons. The molecule has 2 fully saturated rings. The maximum Gasteiger partial charge on any atom is 0.253 e. The molecule has 0 saturated heterocycles. The Morgan fingerprint density at radius 2 is 2.07 bits per heavy atom. The van der Waals surface area contributed by atoms with E-state index < -0.39 is 12.5 Å². The van der Waals surface area contributed by atoms with Gasteiger partial charge in [-0.05, 0) is 50.0 Å². The Kier molecular flexibility index (Phi) is 3.60. The van der Waals surface area contributed by atoms with Crippen molar-refractivity contribution in [1.82, 2.24) is 5.32 Å². The van der Waals surface area contributed by atoms with Crippen LogP contribution in [0.4, 0.5) is 8.78 Å².